The van der Waals surface area contributed by atoms with E-state index in [1.54, 1.807) is 12.4 Å². The zero-order valence-electron chi connectivity index (χ0n) is 11.0. The van der Waals surface area contributed by atoms with Gasteiger partial charge in [0.2, 0.25) is 0 Å². The number of aromatic nitrogens is 1. The van der Waals surface area contributed by atoms with E-state index in [1.807, 2.05) is 12.1 Å². The van der Waals surface area contributed by atoms with Crippen LogP contribution in [0.1, 0.15) is 28.7 Å². The number of hydrogen-bond acceptors (Lipinski definition) is 2. The second kappa shape index (κ2) is 5.54. The Labute approximate surface area is 114 Å². The lowest BCUT2D eigenvalue weighted by molar-refractivity contribution is 0.175. The van der Waals surface area contributed by atoms with Gasteiger partial charge in [-0.05, 0) is 66.5 Å². The van der Waals surface area contributed by atoms with E-state index in [1.165, 1.54) is 36.0 Å². The van der Waals surface area contributed by atoms with E-state index >= 15 is 0 Å². The smallest absolute Gasteiger partial charge is 0.0620 e. The summed E-state index contributed by atoms with van der Waals surface area (Å²) in [5.74, 6) is 0. The Balaban J connectivity index is 1.65. The Morgan fingerprint density at radius 3 is 2.53 bits per heavy atom. The number of benzene rings is 1. The second-order valence-corrected chi connectivity index (χ2v) is 5.37. The Hall–Kier alpha value is -1.67. The average Bonchev–Trinajstić information content (AvgIpc) is 2.87. The lowest BCUT2D eigenvalue weighted by Crippen LogP contribution is -2.14. The summed E-state index contributed by atoms with van der Waals surface area (Å²) in [7, 11) is 0. The molecule has 0 aliphatic heterocycles. The first-order valence-electron chi connectivity index (χ1n) is 6.99. The minimum absolute atomic E-state index is 0.318. The van der Waals surface area contributed by atoms with Crippen molar-refractivity contribution in [1.29, 1.82) is 0 Å². The Bertz CT molecular complexity index is 550. The highest BCUT2D eigenvalue weighted by molar-refractivity contribution is 5.35. The predicted molar refractivity (Wildman–Crippen MR) is 76.1 cm³/mol. The van der Waals surface area contributed by atoms with Crippen LogP contribution in [-0.2, 0) is 25.7 Å². The molecule has 0 spiro atoms. The standard InChI is InChI=1S/C17H19NO/c19-17(11-13-6-8-18-9-7-13)12-14-4-5-15-2-1-3-16(15)10-14/h4-10,17,19H,1-3,11-12H2. The van der Waals surface area contributed by atoms with Crippen LogP contribution in [0.4, 0.5) is 0 Å². The molecule has 2 heteroatoms. The summed E-state index contributed by atoms with van der Waals surface area (Å²) in [5.41, 5.74) is 5.37. The quantitative estimate of drug-likeness (QED) is 0.909. The third-order valence-corrected chi connectivity index (χ3v) is 3.85. The van der Waals surface area contributed by atoms with Gasteiger partial charge in [-0.15, -0.1) is 0 Å². The molecule has 0 saturated carbocycles. The highest BCUT2D eigenvalue weighted by Crippen LogP contribution is 2.23. The number of aryl methyl sites for hydroxylation is 2. The molecule has 1 aromatic carbocycles. The minimum Gasteiger partial charge on any atom is -0.392 e. The number of rotatable bonds is 4. The predicted octanol–water partition coefficient (Wildman–Crippen LogP) is 2.72. The first kappa shape index (κ1) is 12.4. The van der Waals surface area contributed by atoms with Crippen molar-refractivity contribution in [2.24, 2.45) is 0 Å². The molecule has 98 valence electrons. The normalized spacial score (nSPS) is 15.2. The third kappa shape index (κ3) is 3.02. The van der Waals surface area contributed by atoms with Gasteiger partial charge < -0.3 is 5.11 Å². The lowest BCUT2D eigenvalue weighted by Gasteiger charge is -2.11. The summed E-state index contributed by atoms with van der Waals surface area (Å²) in [6.07, 6.45) is 8.35. The molecule has 1 heterocycles. The number of fused-ring (bicyclic) bond motifs is 1. The number of nitrogens with zero attached hydrogens (tertiary/aromatic N) is 1. The van der Waals surface area contributed by atoms with Gasteiger partial charge in [0.05, 0.1) is 6.10 Å². The number of aliphatic hydroxyl groups excluding tert-OH is 1. The van der Waals surface area contributed by atoms with Gasteiger partial charge in [-0.25, -0.2) is 0 Å². The summed E-state index contributed by atoms with van der Waals surface area (Å²) < 4.78 is 0. The van der Waals surface area contributed by atoms with E-state index in [0.29, 0.717) is 6.42 Å². The van der Waals surface area contributed by atoms with Crippen LogP contribution in [0.5, 0.6) is 0 Å². The molecular formula is C17H19NO. The van der Waals surface area contributed by atoms with Crippen molar-refractivity contribution >= 4 is 0 Å². The van der Waals surface area contributed by atoms with Crippen LogP contribution >= 0.6 is 0 Å². The van der Waals surface area contributed by atoms with Crippen molar-refractivity contribution in [3.63, 3.8) is 0 Å². The number of pyridine rings is 1. The first-order valence-corrected chi connectivity index (χ1v) is 6.99. The van der Waals surface area contributed by atoms with Gasteiger partial charge >= 0.3 is 0 Å². The van der Waals surface area contributed by atoms with E-state index in [9.17, 15) is 5.11 Å². The van der Waals surface area contributed by atoms with E-state index in [2.05, 4.69) is 23.2 Å². The molecule has 0 fully saturated rings. The van der Waals surface area contributed by atoms with E-state index in [0.717, 1.165) is 12.0 Å². The summed E-state index contributed by atoms with van der Waals surface area (Å²) in [5, 5.41) is 10.2. The fraction of sp³-hybridized carbons (Fsp3) is 0.353. The maximum absolute atomic E-state index is 10.2. The zero-order chi connectivity index (χ0) is 13.1. The van der Waals surface area contributed by atoms with E-state index < -0.39 is 0 Å². The summed E-state index contributed by atoms with van der Waals surface area (Å²) in [6.45, 7) is 0. The molecule has 1 aliphatic rings. The third-order valence-electron chi connectivity index (χ3n) is 3.85. The molecule has 3 rings (SSSR count). The van der Waals surface area contributed by atoms with Gasteiger partial charge in [0.25, 0.3) is 0 Å². The van der Waals surface area contributed by atoms with Crippen molar-refractivity contribution in [1.82, 2.24) is 4.98 Å². The van der Waals surface area contributed by atoms with Crippen LogP contribution in [0.2, 0.25) is 0 Å². The SMILES string of the molecule is OC(Cc1ccncc1)Cc1ccc2c(c1)CCC2. The van der Waals surface area contributed by atoms with Gasteiger partial charge in [-0.1, -0.05) is 18.2 Å². The average molecular weight is 253 g/mol. The van der Waals surface area contributed by atoms with E-state index in [-0.39, 0.29) is 6.10 Å². The topological polar surface area (TPSA) is 33.1 Å². The molecule has 1 aromatic heterocycles. The molecule has 19 heavy (non-hydrogen) atoms. The highest BCUT2D eigenvalue weighted by Gasteiger charge is 2.12. The van der Waals surface area contributed by atoms with Gasteiger partial charge in [0.1, 0.15) is 0 Å². The minimum atomic E-state index is -0.318. The van der Waals surface area contributed by atoms with Crippen molar-refractivity contribution in [2.75, 3.05) is 0 Å². The van der Waals surface area contributed by atoms with Gasteiger partial charge in [-0.2, -0.15) is 0 Å². The van der Waals surface area contributed by atoms with Crippen molar-refractivity contribution in [3.05, 3.63) is 65.0 Å². The largest absolute Gasteiger partial charge is 0.392 e. The molecule has 1 unspecified atom stereocenters. The highest BCUT2D eigenvalue weighted by atomic mass is 16.3. The first-order chi connectivity index (χ1) is 9.31. The Morgan fingerprint density at radius 1 is 0.947 bits per heavy atom. The van der Waals surface area contributed by atoms with E-state index in [4.69, 9.17) is 0 Å². The fourth-order valence-electron chi connectivity index (χ4n) is 2.89. The summed E-state index contributed by atoms with van der Waals surface area (Å²) in [4.78, 5) is 3.99. The van der Waals surface area contributed by atoms with Crippen LogP contribution in [-0.4, -0.2) is 16.2 Å². The van der Waals surface area contributed by atoms with Crippen molar-refractivity contribution < 1.29 is 5.11 Å². The molecule has 1 atom stereocenters. The molecule has 1 aliphatic carbocycles. The van der Waals surface area contributed by atoms with Crippen LogP contribution in [0.15, 0.2) is 42.7 Å². The van der Waals surface area contributed by atoms with Crippen molar-refractivity contribution in [3.8, 4) is 0 Å². The van der Waals surface area contributed by atoms with Crippen molar-refractivity contribution in [2.45, 2.75) is 38.2 Å². The molecule has 2 nitrogen and oxygen atoms in total. The zero-order valence-corrected chi connectivity index (χ0v) is 11.0. The van der Waals surface area contributed by atoms with Crippen LogP contribution in [0, 0.1) is 0 Å². The van der Waals surface area contributed by atoms with Gasteiger partial charge in [0.15, 0.2) is 0 Å². The summed E-state index contributed by atoms with van der Waals surface area (Å²) >= 11 is 0. The maximum Gasteiger partial charge on any atom is 0.0620 e. The number of aliphatic hydroxyl groups is 1. The molecule has 1 N–H and O–H groups in total. The molecule has 0 amide bonds. The Morgan fingerprint density at radius 2 is 1.68 bits per heavy atom. The van der Waals surface area contributed by atoms with Crippen LogP contribution in [0.25, 0.3) is 0 Å². The summed E-state index contributed by atoms with van der Waals surface area (Å²) in [6, 6.07) is 10.6. The Kier molecular flexibility index (Phi) is 3.60. The molecule has 0 saturated heterocycles. The van der Waals surface area contributed by atoms with Crippen LogP contribution in [0.3, 0.4) is 0 Å². The van der Waals surface area contributed by atoms with Gasteiger partial charge in [0, 0.05) is 12.4 Å². The fourth-order valence-corrected chi connectivity index (χ4v) is 2.89. The molecule has 2 aromatic rings. The lowest BCUT2D eigenvalue weighted by atomic mass is 9.99. The monoisotopic (exact) mass is 253 g/mol. The second-order valence-electron chi connectivity index (χ2n) is 5.37. The maximum atomic E-state index is 10.2. The van der Waals surface area contributed by atoms with Crippen LogP contribution < -0.4 is 0 Å². The molecule has 0 bridgehead atoms. The molecular weight excluding hydrogens is 234 g/mol. The molecule has 0 radical (unpaired) electrons. The van der Waals surface area contributed by atoms with Gasteiger partial charge in [-0.3, -0.25) is 4.98 Å². The number of hydrogen-bond donors (Lipinski definition) is 1.